The number of aromatic amines is 1. The van der Waals surface area contributed by atoms with Gasteiger partial charge < -0.3 is 19.9 Å². The molecule has 1 aromatic heterocycles. The summed E-state index contributed by atoms with van der Waals surface area (Å²) in [6, 6.07) is 1.86. The van der Waals surface area contributed by atoms with E-state index in [0.717, 1.165) is 17.7 Å². The van der Waals surface area contributed by atoms with Gasteiger partial charge >= 0.3 is 6.03 Å². The molecule has 0 aliphatic carbocycles. The van der Waals surface area contributed by atoms with Crippen LogP contribution in [0.2, 0.25) is 0 Å². The summed E-state index contributed by atoms with van der Waals surface area (Å²) in [6.45, 7) is 9.11. The quantitative estimate of drug-likeness (QED) is 0.892. The van der Waals surface area contributed by atoms with Crippen molar-refractivity contribution in [1.29, 1.82) is 0 Å². The van der Waals surface area contributed by atoms with Crippen LogP contribution in [0.15, 0.2) is 10.9 Å². The Hall–Kier alpha value is -1.82. The number of nitrogens with zero attached hydrogens (tertiary/aromatic N) is 1. The molecular weight excluding hydrogens is 282 g/mol. The van der Waals surface area contributed by atoms with Gasteiger partial charge in [0.15, 0.2) is 0 Å². The Balaban J connectivity index is 2.04. The van der Waals surface area contributed by atoms with Crippen LogP contribution in [0.4, 0.5) is 4.79 Å². The van der Waals surface area contributed by atoms with Gasteiger partial charge in [0.2, 0.25) is 0 Å². The van der Waals surface area contributed by atoms with E-state index >= 15 is 0 Å². The second kappa shape index (κ2) is 6.96. The van der Waals surface area contributed by atoms with Gasteiger partial charge in [-0.15, -0.1) is 0 Å². The molecule has 2 atom stereocenters. The first-order valence-electron chi connectivity index (χ1n) is 7.77. The Morgan fingerprint density at radius 3 is 2.86 bits per heavy atom. The maximum Gasteiger partial charge on any atom is 0.318 e. The lowest BCUT2D eigenvalue weighted by Crippen LogP contribution is -2.54. The van der Waals surface area contributed by atoms with Crippen molar-refractivity contribution in [3.8, 4) is 0 Å². The highest BCUT2D eigenvalue weighted by Crippen LogP contribution is 2.14. The van der Waals surface area contributed by atoms with E-state index in [9.17, 15) is 9.59 Å². The Morgan fingerprint density at radius 2 is 2.23 bits per heavy atom. The van der Waals surface area contributed by atoms with Crippen LogP contribution in [-0.2, 0) is 11.3 Å². The highest BCUT2D eigenvalue weighted by atomic mass is 16.5. The first-order chi connectivity index (χ1) is 10.4. The number of aromatic nitrogens is 1. The van der Waals surface area contributed by atoms with E-state index in [1.807, 2.05) is 38.7 Å². The number of H-pyrrole nitrogens is 1. The summed E-state index contributed by atoms with van der Waals surface area (Å²) >= 11 is 0. The van der Waals surface area contributed by atoms with Crippen molar-refractivity contribution in [2.75, 3.05) is 13.2 Å². The normalized spacial score (nSPS) is 21.7. The molecule has 1 aliphatic rings. The van der Waals surface area contributed by atoms with Crippen molar-refractivity contribution in [2.24, 2.45) is 0 Å². The molecule has 0 saturated carbocycles. The van der Waals surface area contributed by atoms with Gasteiger partial charge in [0.05, 0.1) is 25.3 Å². The summed E-state index contributed by atoms with van der Waals surface area (Å²) in [4.78, 5) is 29.0. The average molecular weight is 307 g/mol. The number of hydrogen-bond acceptors (Lipinski definition) is 3. The molecule has 0 aromatic carbocycles. The third-order valence-corrected chi connectivity index (χ3v) is 4.11. The molecule has 1 saturated heterocycles. The minimum Gasteiger partial charge on any atom is -0.375 e. The van der Waals surface area contributed by atoms with Crippen LogP contribution in [0.3, 0.4) is 0 Å². The zero-order valence-corrected chi connectivity index (χ0v) is 13.7. The van der Waals surface area contributed by atoms with Crippen molar-refractivity contribution in [3.05, 3.63) is 33.2 Å². The molecule has 2 heterocycles. The van der Waals surface area contributed by atoms with Crippen molar-refractivity contribution >= 4 is 6.03 Å². The van der Waals surface area contributed by atoms with E-state index in [1.165, 1.54) is 0 Å². The van der Waals surface area contributed by atoms with Gasteiger partial charge in [-0.05, 0) is 38.8 Å². The van der Waals surface area contributed by atoms with E-state index in [4.69, 9.17) is 4.74 Å². The molecule has 6 heteroatoms. The number of ether oxygens (including phenoxy) is 1. The van der Waals surface area contributed by atoms with Crippen LogP contribution in [0.1, 0.15) is 37.1 Å². The van der Waals surface area contributed by atoms with Gasteiger partial charge in [0, 0.05) is 17.8 Å². The number of pyridine rings is 1. The molecular formula is C16H25N3O3. The number of hydrogen-bond donors (Lipinski definition) is 2. The van der Waals surface area contributed by atoms with Crippen LogP contribution in [-0.4, -0.2) is 41.2 Å². The molecule has 0 radical (unpaired) electrons. The monoisotopic (exact) mass is 307 g/mol. The Bertz CT molecular complexity index is 597. The second-order valence-corrected chi connectivity index (χ2v) is 5.96. The van der Waals surface area contributed by atoms with E-state index in [1.54, 1.807) is 0 Å². The number of carbonyl (C=O) groups excluding carboxylic acids is 1. The smallest absolute Gasteiger partial charge is 0.318 e. The SMILES string of the molecule is CCC1COC(C)CN1C(=O)NCc1c(C)cc(C)[nH]c1=O. The fourth-order valence-corrected chi connectivity index (χ4v) is 2.80. The number of carbonyl (C=O) groups is 1. The predicted octanol–water partition coefficient (Wildman–Crippen LogP) is 1.70. The lowest BCUT2D eigenvalue weighted by molar-refractivity contribution is -0.0378. The fraction of sp³-hybridized carbons (Fsp3) is 0.625. The summed E-state index contributed by atoms with van der Waals surface area (Å²) in [6.07, 6.45) is 0.891. The highest BCUT2D eigenvalue weighted by Gasteiger charge is 2.29. The zero-order chi connectivity index (χ0) is 16.3. The molecule has 2 unspecified atom stereocenters. The van der Waals surface area contributed by atoms with Crippen LogP contribution >= 0.6 is 0 Å². The van der Waals surface area contributed by atoms with Crippen molar-refractivity contribution in [1.82, 2.24) is 15.2 Å². The van der Waals surface area contributed by atoms with Crippen molar-refractivity contribution in [3.63, 3.8) is 0 Å². The van der Waals surface area contributed by atoms with Gasteiger partial charge in [0.25, 0.3) is 5.56 Å². The Kier molecular flexibility index (Phi) is 5.24. The van der Waals surface area contributed by atoms with Crippen LogP contribution in [0.5, 0.6) is 0 Å². The number of amides is 2. The maximum atomic E-state index is 12.4. The van der Waals surface area contributed by atoms with Gasteiger partial charge in [-0.2, -0.15) is 0 Å². The maximum absolute atomic E-state index is 12.4. The largest absolute Gasteiger partial charge is 0.375 e. The number of rotatable bonds is 3. The van der Waals surface area contributed by atoms with Gasteiger partial charge in [-0.1, -0.05) is 6.92 Å². The Morgan fingerprint density at radius 1 is 1.50 bits per heavy atom. The Labute approximate surface area is 130 Å². The minimum absolute atomic E-state index is 0.0399. The second-order valence-electron chi connectivity index (χ2n) is 5.96. The predicted molar refractivity (Wildman–Crippen MR) is 85.0 cm³/mol. The fourth-order valence-electron chi connectivity index (χ4n) is 2.80. The van der Waals surface area contributed by atoms with Crippen LogP contribution in [0.25, 0.3) is 0 Å². The molecule has 1 aromatic rings. The lowest BCUT2D eigenvalue weighted by atomic mass is 10.1. The minimum atomic E-state index is -0.139. The zero-order valence-electron chi connectivity index (χ0n) is 13.7. The van der Waals surface area contributed by atoms with E-state index in [0.29, 0.717) is 18.7 Å². The highest BCUT2D eigenvalue weighted by molar-refractivity contribution is 5.74. The van der Waals surface area contributed by atoms with Gasteiger partial charge in [0.1, 0.15) is 0 Å². The number of urea groups is 1. The number of morpholine rings is 1. The van der Waals surface area contributed by atoms with Crippen LogP contribution in [0, 0.1) is 13.8 Å². The van der Waals surface area contributed by atoms with Gasteiger partial charge in [-0.3, -0.25) is 4.79 Å². The first-order valence-corrected chi connectivity index (χ1v) is 7.77. The standard InChI is InChI=1S/C16H25N3O3/c1-5-13-9-22-12(4)8-19(13)16(21)17-7-14-10(2)6-11(3)18-15(14)20/h6,12-13H,5,7-9H2,1-4H3,(H,17,21)(H,18,20). The lowest BCUT2D eigenvalue weighted by Gasteiger charge is -2.38. The third-order valence-electron chi connectivity index (χ3n) is 4.11. The summed E-state index contributed by atoms with van der Waals surface area (Å²) in [5.74, 6) is 0. The topological polar surface area (TPSA) is 74.4 Å². The summed E-state index contributed by atoms with van der Waals surface area (Å²) in [5, 5.41) is 2.87. The van der Waals surface area contributed by atoms with E-state index < -0.39 is 0 Å². The molecule has 1 fully saturated rings. The molecule has 2 rings (SSSR count). The summed E-state index contributed by atoms with van der Waals surface area (Å²) in [5.41, 5.74) is 2.18. The van der Waals surface area contributed by atoms with Crippen LogP contribution < -0.4 is 10.9 Å². The number of nitrogens with one attached hydrogen (secondary N) is 2. The molecule has 0 bridgehead atoms. The van der Waals surface area contributed by atoms with Crippen molar-refractivity contribution in [2.45, 2.75) is 52.8 Å². The molecule has 122 valence electrons. The molecule has 2 N–H and O–H groups in total. The first kappa shape index (κ1) is 16.5. The van der Waals surface area contributed by atoms with Gasteiger partial charge in [-0.25, -0.2) is 4.79 Å². The molecule has 6 nitrogen and oxygen atoms in total. The molecule has 1 aliphatic heterocycles. The average Bonchev–Trinajstić information content (AvgIpc) is 2.45. The van der Waals surface area contributed by atoms with E-state index in [-0.39, 0.29) is 30.3 Å². The summed E-state index contributed by atoms with van der Waals surface area (Å²) in [7, 11) is 0. The molecule has 2 amide bonds. The number of aryl methyl sites for hydroxylation is 2. The molecule has 22 heavy (non-hydrogen) atoms. The van der Waals surface area contributed by atoms with E-state index in [2.05, 4.69) is 10.3 Å². The molecule has 0 spiro atoms. The van der Waals surface area contributed by atoms with Crippen molar-refractivity contribution < 1.29 is 9.53 Å². The summed E-state index contributed by atoms with van der Waals surface area (Å²) < 4.78 is 5.60. The third kappa shape index (κ3) is 3.68.